The van der Waals surface area contributed by atoms with Crippen molar-refractivity contribution in [2.45, 2.75) is 6.54 Å². The minimum Gasteiger partial charge on any atom is -0.496 e. The van der Waals surface area contributed by atoms with E-state index in [2.05, 4.69) is 21.2 Å². The maximum absolute atomic E-state index is 12.1. The van der Waals surface area contributed by atoms with E-state index in [1.54, 1.807) is 29.5 Å². The van der Waals surface area contributed by atoms with Crippen LogP contribution in [0.3, 0.4) is 0 Å². The first-order valence-corrected chi connectivity index (χ1v) is 7.22. The van der Waals surface area contributed by atoms with E-state index in [1.165, 1.54) is 7.11 Å². The molecule has 0 atom stereocenters. The van der Waals surface area contributed by atoms with Gasteiger partial charge in [0.2, 0.25) is 0 Å². The molecule has 0 aliphatic rings. The number of benzene rings is 1. The van der Waals surface area contributed by atoms with Gasteiger partial charge in [-0.1, -0.05) is 0 Å². The van der Waals surface area contributed by atoms with Crippen molar-refractivity contribution in [2.24, 2.45) is 0 Å². The summed E-state index contributed by atoms with van der Waals surface area (Å²) in [6, 6.07) is 6.97. The molecule has 0 aliphatic carbocycles. The molecule has 1 amide bonds. The Kier molecular flexibility index (Phi) is 4.44. The number of nitrogens with one attached hydrogen (secondary N) is 1. The van der Waals surface area contributed by atoms with E-state index in [0.717, 1.165) is 9.35 Å². The van der Waals surface area contributed by atoms with E-state index < -0.39 is 0 Å². The summed E-state index contributed by atoms with van der Waals surface area (Å²) in [5.41, 5.74) is 6.67. The molecule has 0 radical (unpaired) electrons. The molecule has 3 N–H and O–H groups in total. The summed E-state index contributed by atoms with van der Waals surface area (Å²) in [7, 11) is 1.53. The molecule has 0 spiro atoms. The Morgan fingerprint density at radius 2 is 2.26 bits per heavy atom. The summed E-state index contributed by atoms with van der Waals surface area (Å²) in [5, 5.41) is 4.82. The zero-order valence-electron chi connectivity index (χ0n) is 10.3. The topological polar surface area (TPSA) is 64.3 Å². The maximum Gasteiger partial charge on any atom is 0.255 e. The minimum absolute atomic E-state index is 0.200. The van der Waals surface area contributed by atoms with Crippen LogP contribution in [-0.2, 0) is 6.54 Å². The molecule has 0 bridgehead atoms. The molecule has 1 aromatic carbocycles. The van der Waals surface area contributed by atoms with Crippen LogP contribution in [0.2, 0.25) is 0 Å². The van der Waals surface area contributed by atoms with Gasteiger partial charge in [-0.25, -0.2) is 0 Å². The summed E-state index contributed by atoms with van der Waals surface area (Å²) in [6.45, 7) is 0.479. The first-order valence-electron chi connectivity index (χ1n) is 5.55. The largest absolute Gasteiger partial charge is 0.496 e. The van der Waals surface area contributed by atoms with Crippen LogP contribution >= 0.6 is 27.3 Å². The second-order valence-electron chi connectivity index (χ2n) is 3.87. The third-order valence-corrected chi connectivity index (χ3v) is 4.21. The molecular formula is C13H13BrN2O2S. The summed E-state index contributed by atoms with van der Waals surface area (Å²) in [4.78, 5) is 13.2. The van der Waals surface area contributed by atoms with Gasteiger partial charge in [-0.05, 0) is 40.2 Å². The lowest BCUT2D eigenvalue weighted by Crippen LogP contribution is -2.23. The highest BCUT2D eigenvalue weighted by atomic mass is 79.9. The van der Waals surface area contributed by atoms with Crippen molar-refractivity contribution in [1.29, 1.82) is 0 Å². The van der Waals surface area contributed by atoms with Crippen molar-refractivity contribution in [3.63, 3.8) is 0 Å². The summed E-state index contributed by atoms with van der Waals surface area (Å²) in [6.07, 6.45) is 0. The highest BCUT2D eigenvalue weighted by molar-refractivity contribution is 9.10. The van der Waals surface area contributed by atoms with Gasteiger partial charge in [-0.3, -0.25) is 4.79 Å². The Labute approximate surface area is 123 Å². The molecule has 6 heteroatoms. The molecule has 2 aromatic rings. The smallest absolute Gasteiger partial charge is 0.255 e. The van der Waals surface area contributed by atoms with Gasteiger partial charge in [-0.2, -0.15) is 0 Å². The van der Waals surface area contributed by atoms with Crippen LogP contribution in [0.1, 0.15) is 15.2 Å². The summed E-state index contributed by atoms with van der Waals surface area (Å²) in [5.74, 6) is 0.313. The van der Waals surface area contributed by atoms with Crippen LogP contribution in [-0.4, -0.2) is 13.0 Å². The van der Waals surface area contributed by atoms with Gasteiger partial charge in [0, 0.05) is 20.4 Å². The zero-order valence-corrected chi connectivity index (χ0v) is 12.7. The first kappa shape index (κ1) is 13.9. The first-order chi connectivity index (χ1) is 9.10. The number of methoxy groups -OCH3 is 1. The number of rotatable bonds is 4. The number of carbonyl (C=O) groups excluding carboxylic acids is 1. The molecule has 4 nitrogen and oxygen atoms in total. The second-order valence-corrected chi connectivity index (χ2v) is 5.79. The number of carbonyl (C=O) groups is 1. The predicted molar refractivity (Wildman–Crippen MR) is 80.6 cm³/mol. The highest BCUT2D eigenvalue weighted by Gasteiger charge is 2.12. The zero-order chi connectivity index (χ0) is 13.8. The molecule has 0 saturated heterocycles. The van der Waals surface area contributed by atoms with E-state index in [9.17, 15) is 4.79 Å². The lowest BCUT2D eigenvalue weighted by atomic mass is 10.1. The van der Waals surface area contributed by atoms with Gasteiger partial charge < -0.3 is 15.8 Å². The number of halogens is 1. The van der Waals surface area contributed by atoms with Gasteiger partial charge in [0.05, 0.1) is 19.2 Å². The van der Waals surface area contributed by atoms with Crippen molar-refractivity contribution in [2.75, 3.05) is 12.8 Å². The molecule has 19 heavy (non-hydrogen) atoms. The second kappa shape index (κ2) is 6.08. The number of anilines is 1. The monoisotopic (exact) mass is 340 g/mol. The normalized spacial score (nSPS) is 10.2. The van der Waals surface area contributed by atoms with E-state index in [0.29, 0.717) is 23.5 Å². The summed E-state index contributed by atoms with van der Waals surface area (Å²) < 4.78 is 6.17. The van der Waals surface area contributed by atoms with Crippen molar-refractivity contribution >= 4 is 38.9 Å². The number of thiophene rings is 1. The van der Waals surface area contributed by atoms with E-state index in [4.69, 9.17) is 10.5 Å². The maximum atomic E-state index is 12.1. The van der Waals surface area contributed by atoms with Gasteiger partial charge in [0.15, 0.2) is 0 Å². The summed E-state index contributed by atoms with van der Waals surface area (Å²) >= 11 is 4.96. The standard InChI is InChI=1S/C13H13BrN2O2S/c1-18-12-3-2-9(15)5-11(12)13(17)16-6-10-4-8(14)7-19-10/h2-5,7H,6,15H2,1H3,(H,16,17). The van der Waals surface area contributed by atoms with E-state index >= 15 is 0 Å². The minimum atomic E-state index is -0.200. The fourth-order valence-corrected chi connectivity index (χ4v) is 3.00. The Morgan fingerprint density at radius 1 is 1.47 bits per heavy atom. The van der Waals surface area contributed by atoms with E-state index in [1.807, 2.05) is 11.4 Å². The lowest BCUT2D eigenvalue weighted by molar-refractivity contribution is 0.0948. The fourth-order valence-electron chi connectivity index (χ4n) is 1.61. The van der Waals surface area contributed by atoms with Crippen molar-refractivity contribution in [3.05, 3.63) is 44.6 Å². The Hall–Kier alpha value is -1.53. The Balaban J connectivity index is 2.09. The van der Waals surface area contributed by atoms with Crippen LogP contribution in [0.15, 0.2) is 34.1 Å². The molecular weight excluding hydrogens is 328 g/mol. The van der Waals surface area contributed by atoms with Gasteiger partial charge in [0.25, 0.3) is 5.91 Å². The molecule has 0 saturated carbocycles. The SMILES string of the molecule is COc1ccc(N)cc1C(=O)NCc1cc(Br)cs1. The lowest BCUT2D eigenvalue weighted by Gasteiger charge is -2.09. The molecule has 0 unspecified atom stereocenters. The molecule has 1 aromatic heterocycles. The van der Waals surface area contributed by atoms with Crippen LogP contribution in [0.5, 0.6) is 5.75 Å². The predicted octanol–water partition coefficient (Wildman–Crippen LogP) is 3.03. The van der Waals surface area contributed by atoms with Crippen LogP contribution in [0.25, 0.3) is 0 Å². The van der Waals surface area contributed by atoms with Crippen molar-refractivity contribution < 1.29 is 9.53 Å². The van der Waals surface area contributed by atoms with Gasteiger partial charge in [0.1, 0.15) is 5.75 Å². The number of hydrogen-bond donors (Lipinski definition) is 2. The Bertz CT molecular complexity index is 598. The van der Waals surface area contributed by atoms with Crippen LogP contribution < -0.4 is 15.8 Å². The van der Waals surface area contributed by atoms with Gasteiger partial charge >= 0.3 is 0 Å². The third kappa shape index (κ3) is 3.48. The number of hydrogen-bond acceptors (Lipinski definition) is 4. The van der Waals surface area contributed by atoms with Gasteiger partial charge in [-0.15, -0.1) is 11.3 Å². The van der Waals surface area contributed by atoms with Crippen molar-refractivity contribution in [3.8, 4) is 5.75 Å². The fraction of sp³-hybridized carbons (Fsp3) is 0.154. The Morgan fingerprint density at radius 3 is 2.89 bits per heavy atom. The molecule has 1 heterocycles. The van der Waals surface area contributed by atoms with Crippen LogP contribution in [0, 0.1) is 0 Å². The quantitative estimate of drug-likeness (QED) is 0.840. The molecule has 0 aliphatic heterocycles. The molecule has 0 fully saturated rings. The average Bonchev–Trinajstić information content (AvgIpc) is 2.81. The van der Waals surface area contributed by atoms with E-state index in [-0.39, 0.29) is 5.91 Å². The number of amides is 1. The number of nitrogens with two attached hydrogens (primary N) is 1. The van der Waals surface area contributed by atoms with Crippen LogP contribution in [0.4, 0.5) is 5.69 Å². The number of nitrogen functional groups attached to an aromatic ring is 1. The highest BCUT2D eigenvalue weighted by Crippen LogP contribution is 2.22. The third-order valence-electron chi connectivity index (χ3n) is 2.51. The average molecular weight is 341 g/mol. The van der Waals surface area contributed by atoms with Crippen molar-refractivity contribution in [1.82, 2.24) is 5.32 Å². The molecule has 100 valence electrons. The number of ether oxygens (including phenoxy) is 1. The molecule has 2 rings (SSSR count).